The molecule has 0 aliphatic heterocycles. The summed E-state index contributed by atoms with van der Waals surface area (Å²) in [5.74, 6) is 0.324. The number of aryl methyl sites for hydroxylation is 2. The van der Waals surface area contributed by atoms with Gasteiger partial charge in [0.1, 0.15) is 5.52 Å². The van der Waals surface area contributed by atoms with Gasteiger partial charge in [-0.25, -0.2) is 9.37 Å². The minimum absolute atomic E-state index is 0.306. The highest BCUT2D eigenvalue weighted by molar-refractivity contribution is 5.79. The fourth-order valence-corrected chi connectivity index (χ4v) is 2.07. The second-order valence-electron chi connectivity index (χ2n) is 4.44. The summed E-state index contributed by atoms with van der Waals surface area (Å²) < 4.78 is 17.2. The van der Waals surface area contributed by atoms with Crippen molar-refractivity contribution in [3.8, 4) is 0 Å². The lowest BCUT2D eigenvalue weighted by molar-refractivity contribution is 0.637. The summed E-state index contributed by atoms with van der Waals surface area (Å²) in [6.07, 6.45) is 1.88. The number of nitrogens with zero attached hydrogens (tertiary/aromatic N) is 4. The zero-order valence-corrected chi connectivity index (χ0v) is 10.8. The van der Waals surface area contributed by atoms with Crippen molar-refractivity contribution in [1.29, 1.82) is 0 Å². The topological polar surface area (TPSA) is 47.7 Å². The summed E-state index contributed by atoms with van der Waals surface area (Å²) >= 11 is 0. The van der Waals surface area contributed by atoms with Crippen LogP contribution in [0.5, 0.6) is 0 Å². The second kappa shape index (κ2) is 4.38. The third-order valence-corrected chi connectivity index (χ3v) is 3.06. The van der Waals surface area contributed by atoms with E-state index in [1.165, 1.54) is 6.07 Å². The average molecular weight is 259 g/mol. The minimum Gasteiger partial charge on any atom is -0.350 e. The SMILES string of the molecule is Cn1ccc(CNc2nc3c(F)cccc3n2C)n1. The number of rotatable bonds is 3. The van der Waals surface area contributed by atoms with Crippen LogP contribution in [0.1, 0.15) is 5.69 Å². The Kier molecular flexibility index (Phi) is 2.70. The Morgan fingerprint density at radius 1 is 1.26 bits per heavy atom. The van der Waals surface area contributed by atoms with E-state index in [2.05, 4.69) is 15.4 Å². The van der Waals surface area contributed by atoms with Crippen molar-refractivity contribution in [2.45, 2.75) is 6.54 Å². The molecule has 0 spiro atoms. The highest BCUT2D eigenvalue weighted by Gasteiger charge is 2.10. The summed E-state index contributed by atoms with van der Waals surface area (Å²) in [6, 6.07) is 6.87. The molecule has 1 N–H and O–H groups in total. The van der Waals surface area contributed by atoms with Crippen molar-refractivity contribution >= 4 is 17.0 Å². The molecule has 1 aromatic carbocycles. The Morgan fingerprint density at radius 2 is 2.11 bits per heavy atom. The molecule has 5 nitrogen and oxygen atoms in total. The predicted octanol–water partition coefficient (Wildman–Crippen LogP) is 2.06. The van der Waals surface area contributed by atoms with E-state index in [0.29, 0.717) is 18.0 Å². The van der Waals surface area contributed by atoms with Gasteiger partial charge in [-0.15, -0.1) is 0 Å². The number of fused-ring (bicyclic) bond motifs is 1. The fraction of sp³-hybridized carbons (Fsp3) is 0.231. The third kappa shape index (κ3) is 2.05. The Labute approximate surface area is 109 Å². The number of aromatic nitrogens is 4. The largest absolute Gasteiger partial charge is 0.350 e. The average Bonchev–Trinajstić information content (AvgIpc) is 2.93. The van der Waals surface area contributed by atoms with Crippen LogP contribution in [0.25, 0.3) is 11.0 Å². The number of hydrogen-bond donors (Lipinski definition) is 1. The number of imidazole rings is 1. The van der Waals surface area contributed by atoms with Crippen LogP contribution in [0.2, 0.25) is 0 Å². The van der Waals surface area contributed by atoms with E-state index in [1.54, 1.807) is 10.7 Å². The van der Waals surface area contributed by atoms with Gasteiger partial charge in [-0.2, -0.15) is 5.10 Å². The number of anilines is 1. The molecule has 0 aliphatic carbocycles. The first-order valence-corrected chi connectivity index (χ1v) is 5.98. The first-order chi connectivity index (χ1) is 9.15. The van der Waals surface area contributed by atoms with Crippen molar-refractivity contribution in [3.05, 3.63) is 42.0 Å². The summed E-state index contributed by atoms with van der Waals surface area (Å²) in [7, 11) is 3.73. The van der Waals surface area contributed by atoms with Gasteiger partial charge in [0.15, 0.2) is 5.82 Å². The molecular weight excluding hydrogens is 245 g/mol. The first-order valence-electron chi connectivity index (χ1n) is 5.98. The first kappa shape index (κ1) is 11.7. The normalized spacial score (nSPS) is 11.1. The van der Waals surface area contributed by atoms with Crippen LogP contribution < -0.4 is 5.32 Å². The van der Waals surface area contributed by atoms with E-state index in [0.717, 1.165) is 11.2 Å². The third-order valence-electron chi connectivity index (χ3n) is 3.06. The Balaban J connectivity index is 1.89. The molecule has 0 saturated carbocycles. The molecule has 19 heavy (non-hydrogen) atoms. The Morgan fingerprint density at radius 3 is 2.79 bits per heavy atom. The molecule has 0 atom stereocenters. The molecule has 0 unspecified atom stereocenters. The summed E-state index contributed by atoms with van der Waals surface area (Å²) in [6.45, 7) is 0.555. The maximum atomic E-state index is 13.6. The second-order valence-corrected chi connectivity index (χ2v) is 4.44. The molecule has 3 rings (SSSR count). The van der Waals surface area contributed by atoms with Crippen LogP contribution in [0, 0.1) is 5.82 Å². The molecular formula is C13H14FN5. The minimum atomic E-state index is -0.306. The maximum absolute atomic E-state index is 13.6. The summed E-state index contributed by atoms with van der Waals surface area (Å²) in [5, 5.41) is 7.44. The highest BCUT2D eigenvalue weighted by Crippen LogP contribution is 2.20. The Hall–Kier alpha value is -2.37. The van der Waals surface area contributed by atoms with Crippen molar-refractivity contribution in [1.82, 2.24) is 19.3 Å². The maximum Gasteiger partial charge on any atom is 0.204 e. The van der Waals surface area contributed by atoms with Crippen LogP contribution in [0.15, 0.2) is 30.5 Å². The lowest BCUT2D eigenvalue weighted by Gasteiger charge is -2.03. The summed E-state index contributed by atoms with van der Waals surface area (Å²) in [4.78, 5) is 4.28. The standard InChI is InChI=1S/C13H14FN5/c1-18-7-6-9(17-18)8-15-13-16-12-10(14)4-3-5-11(12)19(13)2/h3-7H,8H2,1-2H3,(H,15,16). The molecule has 0 bridgehead atoms. The quantitative estimate of drug-likeness (QED) is 0.783. The van der Waals surface area contributed by atoms with Crippen LogP contribution in [-0.4, -0.2) is 19.3 Å². The number of para-hydroxylation sites is 1. The lowest BCUT2D eigenvalue weighted by atomic mass is 10.3. The van der Waals surface area contributed by atoms with E-state index < -0.39 is 0 Å². The van der Waals surface area contributed by atoms with E-state index in [4.69, 9.17) is 0 Å². The lowest BCUT2D eigenvalue weighted by Crippen LogP contribution is -2.05. The van der Waals surface area contributed by atoms with Crippen molar-refractivity contribution < 1.29 is 4.39 Å². The predicted molar refractivity (Wildman–Crippen MR) is 71.2 cm³/mol. The van der Waals surface area contributed by atoms with E-state index in [-0.39, 0.29) is 5.82 Å². The molecule has 0 radical (unpaired) electrons. The van der Waals surface area contributed by atoms with Gasteiger partial charge in [0.05, 0.1) is 17.8 Å². The smallest absolute Gasteiger partial charge is 0.204 e. The van der Waals surface area contributed by atoms with Crippen LogP contribution in [0.4, 0.5) is 10.3 Å². The molecule has 0 aliphatic rings. The van der Waals surface area contributed by atoms with Crippen molar-refractivity contribution in [3.63, 3.8) is 0 Å². The molecule has 2 heterocycles. The molecule has 0 amide bonds. The van der Waals surface area contributed by atoms with Gasteiger partial charge in [-0.1, -0.05) is 6.07 Å². The summed E-state index contributed by atoms with van der Waals surface area (Å²) in [5.41, 5.74) is 2.06. The number of halogens is 1. The monoisotopic (exact) mass is 259 g/mol. The van der Waals surface area contributed by atoms with Gasteiger partial charge in [0.2, 0.25) is 5.95 Å². The van der Waals surface area contributed by atoms with Gasteiger partial charge in [0, 0.05) is 20.3 Å². The highest BCUT2D eigenvalue weighted by atomic mass is 19.1. The van der Waals surface area contributed by atoms with Crippen molar-refractivity contribution in [2.75, 3.05) is 5.32 Å². The fourth-order valence-electron chi connectivity index (χ4n) is 2.07. The van der Waals surface area contributed by atoms with Crippen LogP contribution >= 0.6 is 0 Å². The molecule has 6 heteroatoms. The van der Waals surface area contributed by atoms with Gasteiger partial charge in [-0.05, 0) is 18.2 Å². The zero-order chi connectivity index (χ0) is 13.4. The van der Waals surface area contributed by atoms with Gasteiger partial charge in [-0.3, -0.25) is 4.68 Å². The molecule has 3 aromatic rings. The zero-order valence-electron chi connectivity index (χ0n) is 10.8. The van der Waals surface area contributed by atoms with Gasteiger partial charge in [0.25, 0.3) is 0 Å². The van der Waals surface area contributed by atoms with E-state index in [1.807, 2.05) is 37.0 Å². The van der Waals surface area contributed by atoms with Gasteiger partial charge < -0.3 is 9.88 Å². The molecule has 0 fully saturated rings. The molecule has 0 saturated heterocycles. The number of nitrogens with one attached hydrogen (secondary N) is 1. The number of benzene rings is 1. The van der Waals surface area contributed by atoms with E-state index >= 15 is 0 Å². The Bertz CT molecular complexity index is 728. The van der Waals surface area contributed by atoms with E-state index in [9.17, 15) is 4.39 Å². The van der Waals surface area contributed by atoms with Crippen LogP contribution in [0.3, 0.4) is 0 Å². The molecule has 2 aromatic heterocycles. The number of hydrogen-bond acceptors (Lipinski definition) is 3. The van der Waals surface area contributed by atoms with Gasteiger partial charge >= 0.3 is 0 Å². The van der Waals surface area contributed by atoms with Crippen molar-refractivity contribution in [2.24, 2.45) is 14.1 Å². The molecule has 98 valence electrons. The van der Waals surface area contributed by atoms with Crippen LogP contribution in [-0.2, 0) is 20.6 Å².